The number of hydrogen-bond donors (Lipinski definition) is 1. The number of cyclic esters (lactones) is 1. The number of hydrogen-bond acceptors (Lipinski definition) is 4. The van der Waals surface area contributed by atoms with Crippen LogP contribution < -0.4 is 34.7 Å². The Morgan fingerprint density at radius 2 is 1.28 bits per heavy atom. The van der Waals surface area contributed by atoms with Gasteiger partial charge in [-0.25, -0.2) is 4.79 Å². The third-order valence-electron chi connectivity index (χ3n) is 4.60. The van der Waals surface area contributed by atoms with Gasteiger partial charge >= 0.3 is 35.5 Å². The van der Waals surface area contributed by atoms with Crippen LogP contribution in [0.4, 0.5) is 0 Å². The SMILES string of the molecule is O=C1OC(c2ccc([O-])cc2)(c2ccc(O)cc2)c2c(Br)c(Br)c(Br)c(Br)c21.[Na+]. The molecule has 0 radical (unpaired) electrons. The van der Waals surface area contributed by atoms with E-state index in [9.17, 15) is 15.0 Å². The normalized spacial score (nSPS) is 17.4. The van der Waals surface area contributed by atoms with E-state index in [1.807, 2.05) is 0 Å². The quantitative estimate of drug-likeness (QED) is 0.200. The first-order valence-electron chi connectivity index (χ1n) is 7.94. The molecule has 4 nitrogen and oxygen atoms in total. The molecule has 1 N–H and O–H groups in total. The summed E-state index contributed by atoms with van der Waals surface area (Å²) in [6, 6.07) is 12.6. The van der Waals surface area contributed by atoms with E-state index in [1.165, 1.54) is 24.3 Å². The third-order valence-corrected chi connectivity index (χ3v) is 9.37. The van der Waals surface area contributed by atoms with Crippen LogP contribution in [0.5, 0.6) is 11.5 Å². The Bertz CT molecular complexity index is 1070. The molecule has 3 aromatic carbocycles. The predicted molar refractivity (Wildman–Crippen MR) is 117 cm³/mol. The number of rotatable bonds is 2. The van der Waals surface area contributed by atoms with Gasteiger partial charge in [-0.15, -0.1) is 5.75 Å². The van der Waals surface area contributed by atoms with Crippen molar-refractivity contribution in [2.45, 2.75) is 5.60 Å². The van der Waals surface area contributed by atoms with E-state index in [0.29, 0.717) is 40.1 Å². The number of phenols is 1. The van der Waals surface area contributed by atoms with Gasteiger partial charge in [-0.05, 0) is 75.9 Å². The van der Waals surface area contributed by atoms with E-state index in [0.717, 1.165) is 0 Å². The second-order valence-corrected chi connectivity index (χ2v) is 9.32. The average molecular weight is 656 g/mol. The molecule has 1 atom stereocenters. The van der Waals surface area contributed by atoms with Crippen LogP contribution in [0.25, 0.3) is 0 Å². The smallest absolute Gasteiger partial charge is 0.872 e. The van der Waals surface area contributed by atoms with E-state index in [-0.39, 0.29) is 41.1 Å². The van der Waals surface area contributed by atoms with E-state index >= 15 is 0 Å². The molecule has 9 heteroatoms. The fourth-order valence-corrected chi connectivity index (χ4v) is 5.91. The number of carbonyl (C=O) groups excluding carboxylic acids is 1. The van der Waals surface area contributed by atoms with Crippen molar-refractivity contribution in [1.82, 2.24) is 0 Å². The van der Waals surface area contributed by atoms with Gasteiger partial charge in [0.05, 0.1) is 5.56 Å². The van der Waals surface area contributed by atoms with Crippen LogP contribution in [0.1, 0.15) is 27.0 Å². The van der Waals surface area contributed by atoms with Gasteiger partial charge in [0.15, 0.2) is 5.60 Å². The Morgan fingerprint density at radius 3 is 1.83 bits per heavy atom. The van der Waals surface area contributed by atoms with Gasteiger partial charge in [-0.2, -0.15) is 0 Å². The molecule has 0 amide bonds. The van der Waals surface area contributed by atoms with Crippen LogP contribution in [0.2, 0.25) is 0 Å². The molecule has 0 fully saturated rings. The number of fused-ring (bicyclic) bond motifs is 1. The van der Waals surface area contributed by atoms with Crippen LogP contribution in [0, 0.1) is 0 Å². The molecule has 1 unspecified atom stereocenters. The minimum atomic E-state index is -1.29. The maximum atomic E-state index is 13.0. The molecule has 0 spiro atoms. The van der Waals surface area contributed by atoms with Crippen LogP contribution in [0.3, 0.4) is 0 Å². The van der Waals surface area contributed by atoms with Crippen molar-refractivity contribution in [1.29, 1.82) is 0 Å². The van der Waals surface area contributed by atoms with Crippen molar-refractivity contribution in [3.63, 3.8) is 0 Å². The number of ether oxygens (including phenoxy) is 1. The molecule has 29 heavy (non-hydrogen) atoms. The van der Waals surface area contributed by atoms with E-state index in [4.69, 9.17) is 4.74 Å². The molecule has 3 aromatic rings. The average Bonchev–Trinajstić information content (AvgIpc) is 3.00. The summed E-state index contributed by atoms with van der Waals surface area (Å²) in [5.41, 5.74) is 0.938. The van der Waals surface area contributed by atoms with E-state index in [2.05, 4.69) is 63.7 Å². The molecule has 1 aliphatic rings. The number of halogens is 4. The number of benzene rings is 3. The van der Waals surface area contributed by atoms with Crippen LogP contribution in [0.15, 0.2) is 66.4 Å². The van der Waals surface area contributed by atoms with Gasteiger partial charge < -0.3 is 14.9 Å². The first-order valence-corrected chi connectivity index (χ1v) is 11.1. The van der Waals surface area contributed by atoms with Gasteiger partial charge in [0.1, 0.15) is 5.75 Å². The minimum Gasteiger partial charge on any atom is -0.872 e. The summed E-state index contributed by atoms with van der Waals surface area (Å²) in [6.45, 7) is 0. The molecule has 4 rings (SSSR count). The first-order chi connectivity index (χ1) is 13.3. The fourth-order valence-electron chi connectivity index (χ4n) is 3.35. The topological polar surface area (TPSA) is 69.6 Å². The third kappa shape index (κ3) is 3.64. The Kier molecular flexibility index (Phi) is 6.95. The zero-order chi connectivity index (χ0) is 20.2. The fraction of sp³-hybridized carbons (Fsp3) is 0.0500. The number of esters is 1. The molecular formula is C20H9Br4NaO4. The zero-order valence-corrected chi connectivity index (χ0v) is 23.1. The van der Waals surface area contributed by atoms with Crippen molar-refractivity contribution in [2.75, 3.05) is 0 Å². The Morgan fingerprint density at radius 1 is 0.793 bits per heavy atom. The maximum absolute atomic E-state index is 13.0. The van der Waals surface area contributed by atoms with Crippen molar-refractivity contribution in [3.8, 4) is 11.5 Å². The summed E-state index contributed by atoms with van der Waals surface area (Å²) in [5, 5.41) is 21.4. The largest absolute Gasteiger partial charge is 1.00 e. The summed E-state index contributed by atoms with van der Waals surface area (Å²) >= 11 is 14.1. The zero-order valence-electron chi connectivity index (χ0n) is 14.8. The molecule has 1 aliphatic heterocycles. The number of phenolic OH excluding ortho intramolecular Hbond substituents is 1. The van der Waals surface area contributed by atoms with Crippen molar-refractivity contribution in [2.24, 2.45) is 0 Å². The van der Waals surface area contributed by atoms with Gasteiger partial charge in [0, 0.05) is 34.6 Å². The second-order valence-electron chi connectivity index (χ2n) is 6.15. The Hall–Kier alpha value is -0.350. The van der Waals surface area contributed by atoms with Crippen molar-refractivity contribution in [3.05, 3.63) is 88.7 Å². The van der Waals surface area contributed by atoms with Crippen LogP contribution >= 0.6 is 63.7 Å². The first kappa shape index (κ1) is 23.3. The summed E-state index contributed by atoms with van der Waals surface area (Å²) < 4.78 is 8.60. The summed E-state index contributed by atoms with van der Waals surface area (Å²) in [5.74, 6) is -0.558. The van der Waals surface area contributed by atoms with Crippen LogP contribution in [-0.2, 0) is 10.3 Å². The molecular weight excluding hydrogens is 647 g/mol. The van der Waals surface area contributed by atoms with E-state index in [1.54, 1.807) is 24.3 Å². The molecule has 0 saturated heterocycles. The minimum absolute atomic E-state index is 0. The standard InChI is InChI=1S/C20H10Br4O4.Na/c21-15-13-14(16(22)18(24)17(15)23)20(28-19(13)27,9-1-5-11(25)6-2-9)10-3-7-12(26)8-4-10;/h1-8,25-26H;/q;+1/p-1. The molecule has 0 aliphatic carbocycles. The summed E-state index contributed by atoms with van der Waals surface area (Å²) in [7, 11) is 0. The van der Waals surface area contributed by atoms with Gasteiger partial charge in [-0.1, -0.05) is 36.4 Å². The van der Waals surface area contributed by atoms with E-state index < -0.39 is 11.6 Å². The summed E-state index contributed by atoms with van der Waals surface area (Å²) in [4.78, 5) is 13.0. The molecule has 142 valence electrons. The van der Waals surface area contributed by atoms with Gasteiger partial charge in [-0.3, -0.25) is 0 Å². The predicted octanol–water partition coefficient (Wildman–Crippen LogP) is 2.98. The van der Waals surface area contributed by atoms with Gasteiger partial charge in [0.2, 0.25) is 0 Å². The number of carbonyl (C=O) groups is 1. The van der Waals surface area contributed by atoms with Crippen molar-refractivity contribution >= 4 is 69.7 Å². The number of aromatic hydroxyl groups is 1. The van der Waals surface area contributed by atoms with Gasteiger partial charge in [0.25, 0.3) is 0 Å². The van der Waals surface area contributed by atoms with Crippen LogP contribution in [-0.4, -0.2) is 11.1 Å². The van der Waals surface area contributed by atoms with Crippen molar-refractivity contribution < 1.29 is 49.3 Å². The Labute approximate surface area is 222 Å². The summed E-state index contributed by atoms with van der Waals surface area (Å²) in [6.07, 6.45) is 0. The molecule has 0 aromatic heterocycles. The monoisotopic (exact) mass is 652 g/mol. The second kappa shape index (κ2) is 8.65. The molecule has 0 saturated carbocycles. The maximum Gasteiger partial charge on any atom is 1.00 e. The Balaban J connectivity index is 0.00000240. The molecule has 1 heterocycles. The molecule has 0 bridgehead atoms.